The number of aliphatic hydroxyl groups excluding tert-OH is 1. The van der Waals surface area contributed by atoms with Crippen LogP contribution in [0.2, 0.25) is 0 Å². The van der Waals surface area contributed by atoms with Crippen molar-refractivity contribution in [3.05, 3.63) is 30.9 Å². The summed E-state index contributed by atoms with van der Waals surface area (Å²) in [6.07, 6.45) is 3.97. The maximum Gasteiger partial charge on any atom is 0.160 e. The van der Waals surface area contributed by atoms with E-state index in [0.717, 1.165) is 11.3 Å². The highest BCUT2D eigenvalue weighted by Crippen LogP contribution is 2.20. The fraction of sp³-hybridized carbons (Fsp3) is 0.562. The molecular formula is C16H25N2O3. The van der Waals surface area contributed by atoms with Crippen molar-refractivity contribution in [1.29, 1.82) is 0 Å². The number of anilines is 1. The van der Waals surface area contributed by atoms with Crippen molar-refractivity contribution in [2.75, 3.05) is 25.2 Å². The van der Waals surface area contributed by atoms with Gasteiger partial charge >= 0.3 is 0 Å². The van der Waals surface area contributed by atoms with Gasteiger partial charge in [-0.15, -0.1) is 0 Å². The van der Waals surface area contributed by atoms with Crippen LogP contribution in [0, 0.1) is 12.8 Å². The molecule has 5 nitrogen and oxygen atoms in total. The number of aliphatic hydroxyl groups is 1. The molecule has 1 aromatic heterocycles. The van der Waals surface area contributed by atoms with E-state index in [1.54, 1.807) is 19.5 Å². The minimum absolute atomic E-state index is 0.0773. The Morgan fingerprint density at radius 3 is 2.71 bits per heavy atom. The Morgan fingerprint density at radius 2 is 2.19 bits per heavy atom. The predicted molar refractivity (Wildman–Crippen MR) is 83.0 cm³/mol. The van der Waals surface area contributed by atoms with Crippen molar-refractivity contribution in [2.45, 2.75) is 32.9 Å². The van der Waals surface area contributed by atoms with Gasteiger partial charge in [0.15, 0.2) is 5.78 Å². The van der Waals surface area contributed by atoms with Gasteiger partial charge in [0.05, 0.1) is 25.1 Å². The Balaban J connectivity index is 3.13. The number of Topliss-reactive ketones (excluding diaryl/α,β-unsaturated/α-hetero) is 1. The molecule has 1 radical (unpaired) electrons. The van der Waals surface area contributed by atoms with E-state index < -0.39 is 0 Å². The maximum absolute atomic E-state index is 12.5. The van der Waals surface area contributed by atoms with Crippen LogP contribution < -0.4 is 4.90 Å². The molecule has 117 valence electrons. The zero-order valence-electron chi connectivity index (χ0n) is 13.1. The summed E-state index contributed by atoms with van der Waals surface area (Å²) in [4.78, 5) is 18.6. The number of rotatable bonds is 9. The fourth-order valence-corrected chi connectivity index (χ4v) is 2.22. The highest BCUT2D eigenvalue weighted by Gasteiger charge is 2.27. The first-order chi connectivity index (χ1) is 10.0. The largest absolute Gasteiger partial charge is 0.392 e. The summed E-state index contributed by atoms with van der Waals surface area (Å²) in [5, 5.41) is 9.25. The monoisotopic (exact) mass is 293 g/mol. The van der Waals surface area contributed by atoms with Gasteiger partial charge in [0.2, 0.25) is 0 Å². The molecule has 1 aromatic rings. The first-order valence-electron chi connectivity index (χ1n) is 7.18. The van der Waals surface area contributed by atoms with E-state index in [-0.39, 0.29) is 24.3 Å². The van der Waals surface area contributed by atoms with E-state index in [1.165, 1.54) is 0 Å². The average molecular weight is 293 g/mol. The van der Waals surface area contributed by atoms with E-state index in [0.29, 0.717) is 19.6 Å². The van der Waals surface area contributed by atoms with Crippen LogP contribution in [-0.2, 0) is 16.1 Å². The Hall–Kier alpha value is -1.46. The van der Waals surface area contributed by atoms with Crippen LogP contribution in [0.4, 0.5) is 5.69 Å². The molecule has 1 heterocycles. The minimum Gasteiger partial charge on any atom is -0.392 e. The Labute approximate surface area is 126 Å². The van der Waals surface area contributed by atoms with Crippen molar-refractivity contribution >= 4 is 11.5 Å². The van der Waals surface area contributed by atoms with Crippen molar-refractivity contribution in [1.82, 2.24) is 4.98 Å². The van der Waals surface area contributed by atoms with Crippen molar-refractivity contribution < 1.29 is 14.6 Å². The van der Waals surface area contributed by atoms with Gasteiger partial charge in [0, 0.05) is 25.8 Å². The lowest BCUT2D eigenvalue weighted by molar-refractivity contribution is -0.124. The summed E-state index contributed by atoms with van der Waals surface area (Å²) in [5.74, 6) is 0.0474. The second kappa shape index (κ2) is 8.74. The molecule has 0 aliphatic heterocycles. The maximum atomic E-state index is 12.5. The summed E-state index contributed by atoms with van der Waals surface area (Å²) in [7, 11) is 1.59. The molecule has 1 unspecified atom stereocenters. The normalized spacial score (nSPS) is 12.5. The van der Waals surface area contributed by atoms with Crippen molar-refractivity contribution in [3.8, 4) is 0 Å². The number of methoxy groups -OCH3 is 1. The summed E-state index contributed by atoms with van der Waals surface area (Å²) in [5.41, 5.74) is 1.52. The number of carbonyl (C=O) groups excluding carboxylic acids is 1. The molecule has 0 fully saturated rings. The molecular weight excluding hydrogens is 268 g/mol. The molecule has 0 amide bonds. The van der Waals surface area contributed by atoms with Gasteiger partial charge in [-0.3, -0.25) is 9.78 Å². The predicted octanol–water partition coefficient (Wildman–Crippen LogP) is 1.84. The molecule has 0 saturated heterocycles. The minimum atomic E-state index is -0.368. The van der Waals surface area contributed by atoms with Crippen molar-refractivity contribution in [2.24, 2.45) is 5.92 Å². The Morgan fingerprint density at radius 1 is 1.48 bits per heavy atom. The third kappa shape index (κ3) is 4.79. The van der Waals surface area contributed by atoms with Crippen LogP contribution in [0.3, 0.4) is 0 Å². The van der Waals surface area contributed by atoms with Crippen LogP contribution in [0.25, 0.3) is 0 Å². The number of hydrogen-bond acceptors (Lipinski definition) is 5. The SMILES string of the molecule is [CH2]CCN(c1cncc(CO)c1)C(COC)C(=O)C(C)C. The molecule has 0 aliphatic carbocycles. The van der Waals surface area contributed by atoms with Crippen LogP contribution >= 0.6 is 0 Å². The Kier molecular flexibility index (Phi) is 7.32. The highest BCUT2D eigenvalue weighted by molar-refractivity contribution is 5.89. The fourth-order valence-electron chi connectivity index (χ4n) is 2.22. The Bertz CT molecular complexity index is 449. The summed E-state index contributed by atoms with van der Waals surface area (Å²) in [6.45, 7) is 8.52. The van der Waals surface area contributed by atoms with E-state index >= 15 is 0 Å². The number of aromatic nitrogens is 1. The molecule has 0 spiro atoms. The number of ether oxygens (including phenoxy) is 1. The quantitative estimate of drug-likeness (QED) is 0.753. The molecule has 0 saturated carbocycles. The van der Waals surface area contributed by atoms with Crippen LogP contribution in [0.15, 0.2) is 18.5 Å². The van der Waals surface area contributed by atoms with Crippen LogP contribution in [-0.4, -0.2) is 42.2 Å². The standard InChI is InChI=1S/C16H25N2O3/c1-5-6-18(14-7-13(10-19)8-17-9-14)15(11-21-4)16(20)12(2)3/h7-9,12,15,19H,1,5-6,10-11H2,2-4H3. The van der Waals surface area contributed by atoms with Gasteiger partial charge in [0.25, 0.3) is 0 Å². The number of nitrogens with zero attached hydrogens (tertiary/aromatic N) is 2. The van der Waals surface area contributed by atoms with E-state index in [1.807, 2.05) is 24.8 Å². The number of pyridine rings is 1. The van der Waals surface area contributed by atoms with E-state index in [4.69, 9.17) is 4.74 Å². The summed E-state index contributed by atoms with van der Waals surface area (Å²) < 4.78 is 5.23. The lowest BCUT2D eigenvalue weighted by Gasteiger charge is -2.33. The van der Waals surface area contributed by atoms with Gasteiger partial charge in [-0.1, -0.05) is 20.8 Å². The summed E-state index contributed by atoms with van der Waals surface area (Å²) >= 11 is 0. The number of ketones is 1. The van der Waals surface area contributed by atoms with Gasteiger partial charge in [-0.2, -0.15) is 0 Å². The van der Waals surface area contributed by atoms with Gasteiger partial charge < -0.3 is 14.7 Å². The summed E-state index contributed by atoms with van der Waals surface area (Å²) in [6, 6.07) is 1.48. The molecule has 0 aromatic carbocycles. The van der Waals surface area contributed by atoms with Crippen molar-refractivity contribution in [3.63, 3.8) is 0 Å². The topological polar surface area (TPSA) is 62.7 Å². The zero-order valence-corrected chi connectivity index (χ0v) is 13.1. The third-order valence-corrected chi connectivity index (χ3v) is 3.29. The molecule has 1 atom stereocenters. The molecule has 21 heavy (non-hydrogen) atoms. The van der Waals surface area contributed by atoms with Gasteiger partial charge in [0.1, 0.15) is 6.04 Å². The van der Waals surface area contributed by atoms with Gasteiger partial charge in [-0.25, -0.2) is 0 Å². The first-order valence-corrected chi connectivity index (χ1v) is 7.18. The molecule has 0 aliphatic rings. The molecule has 1 N–H and O–H groups in total. The smallest absolute Gasteiger partial charge is 0.160 e. The molecule has 1 rings (SSSR count). The zero-order chi connectivity index (χ0) is 15.8. The van der Waals surface area contributed by atoms with E-state index in [2.05, 4.69) is 11.9 Å². The number of carbonyl (C=O) groups is 1. The average Bonchev–Trinajstić information content (AvgIpc) is 2.50. The van der Waals surface area contributed by atoms with E-state index in [9.17, 15) is 9.90 Å². The lowest BCUT2D eigenvalue weighted by atomic mass is 10.00. The first kappa shape index (κ1) is 17.6. The third-order valence-electron chi connectivity index (χ3n) is 3.29. The molecule has 5 heteroatoms. The lowest BCUT2D eigenvalue weighted by Crippen LogP contribution is -2.46. The highest BCUT2D eigenvalue weighted by atomic mass is 16.5. The second-order valence-corrected chi connectivity index (χ2v) is 5.28. The van der Waals surface area contributed by atoms with Crippen LogP contribution in [0.5, 0.6) is 0 Å². The number of hydrogen-bond donors (Lipinski definition) is 1. The second-order valence-electron chi connectivity index (χ2n) is 5.28. The molecule has 0 bridgehead atoms. The van der Waals surface area contributed by atoms with Crippen LogP contribution in [0.1, 0.15) is 25.8 Å². The van der Waals surface area contributed by atoms with Gasteiger partial charge in [-0.05, 0) is 18.1 Å².